The van der Waals surface area contributed by atoms with Crippen molar-refractivity contribution in [3.8, 4) is 5.75 Å². The maximum Gasteiger partial charge on any atom is 0.324 e. The van der Waals surface area contributed by atoms with Gasteiger partial charge >= 0.3 is 18.2 Å². The smallest absolute Gasteiger partial charge is 0.324 e. The molecule has 0 spiro atoms. The third-order valence-electron chi connectivity index (χ3n) is 1.87. The van der Waals surface area contributed by atoms with Gasteiger partial charge in [0.2, 0.25) is 0 Å². The third-order valence-corrected chi connectivity index (χ3v) is 1.87. The van der Waals surface area contributed by atoms with Crippen molar-refractivity contribution in [2.75, 3.05) is 5.32 Å². The van der Waals surface area contributed by atoms with E-state index in [0.29, 0.717) is 11.4 Å². The minimum atomic E-state index is -1.20. The van der Waals surface area contributed by atoms with E-state index in [2.05, 4.69) is 10.1 Å². The fourth-order valence-corrected chi connectivity index (χ4v) is 1.26. The number of hydrogen-bond acceptors (Lipinski definition) is 4. The van der Waals surface area contributed by atoms with Crippen molar-refractivity contribution >= 4 is 17.6 Å². The Labute approximate surface area is 86.0 Å². The molecule has 1 atom stereocenters. The predicted molar refractivity (Wildman–Crippen MR) is 51.3 cm³/mol. The van der Waals surface area contributed by atoms with E-state index in [1.54, 1.807) is 24.3 Å². The Hall–Kier alpha value is -2.04. The van der Waals surface area contributed by atoms with Crippen LogP contribution in [0.5, 0.6) is 5.75 Å². The van der Waals surface area contributed by atoms with Gasteiger partial charge in [-0.3, -0.25) is 9.59 Å². The molecular formula is C10H9NO4. The van der Waals surface area contributed by atoms with Crippen LogP contribution in [0.25, 0.3) is 0 Å². The van der Waals surface area contributed by atoms with Crippen LogP contribution in [0.3, 0.4) is 0 Å². The normalized spacial score (nSPS) is 18.5. The Kier molecular flexibility index (Phi) is 2.29. The minimum Gasteiger partial charge on any atom is -0.444 e. The van der Waals surface area contributed by atoms with Crippen molar-refractivity contribution in [3.63, 3.8) is 0 Å². The Morgan fingerprint density at radius 3 is 2.93 bits per heavy atom. The zero-order chi connectivity index (χ0) is 10.8. The second kappa shape index (κ2) is 3.61. The van der Waals surface area contributed by atoms with Gasteiger partial charge in [-0.25, -0.2) is 0 Å². The van der Waals surface area contributed by atoms with Crippen LogP contribution in [0.15, 0.2) is 24.3 Å². The molecule has 0 fully saturated rings. The summed E-state index contributed by atoms with van der Waals surface area (Å²) in [5, 5.41) is 2.57. The number of rotatable bonds is 1. The Morgan fingerprint density at radius 2 is 2.20 bits per heavy atom. The second-order valence-electron chi connectivity index (χ2n) is 3.04. The summed E-state index contributed by atoms with van der Waals surface area (Å²) in [6.45, 7) is 1.22. The number of carbonyl (C=O) groups is 2. The number of nitrogens with one attached hydrogen (secondary N) is 1. The Bertz CT molecular complexity index is 416. The number of benzene rings is 1. The number of fused-ring (bicyclic) bond motifs is 1. The lowest BCUT2D eigenvalue weighted by molar-refractivity contribution is -0.168. The minimum absolute atomic E-state index is 0.482. The SMILES string of the molecule is CC(=O)O[C@@H]1Oc2ccccc2NC1=O. The van der Waals surface area contributed by atoms with E-state index in [1.807, 2.05) is 0 Å². The number of hydrogen-bond donors (Lipinski definition) is 1. The van der Waals surface area contributed by atoms with Crippen LogP contribution in [-0.2, 0) is 14.3 Å². The van der Waals surface area contributed by atoms with Crippen LogP contribution in [0, 0.1) is 0 Å². The molecule has 2 rings (SSSR count). The van der Waals surface area contributed by atoms with E-state index in [1.165, 1.54) is 6.92 Å². The first-order valence-corrected chi connectivity index (χ1v) is 4.40. The van der Waals surface area contributed by atoms with Crippen molar-refractivity contribution < 1.29 is 19.1 Å². The summed E-state index contributed by atoms with van der Waals surface area (Å²) in [4.78, 5) is 22.1. The molecule has 5 heteroatoms. The zero-order valence-corrected chi connectivity index (χ0v) is 8.02. The first kappa shape index (κ1) is 9.51. The van der Waals surface area contributed by atoms with Crippen molar-refractivity contribution in [1.82, 2.24) is 0 Å². The Balaban J connectivity index is 2.22. The number of amides is 1. The van der Waals surface area contributed by atoms with Crippen molar-refractivity contribution in [3.05, 3.63) is 24.3 Å². The van der Waals surface area contributed by atoms with Gasteiger partial charge in [-0.2, -0.15) is 0 Å². The lowest BCUT2D eigenvalue weighted by Crippen LogP contribution is -2.39. The van der Waals surface area contributed by atoms with E-state index in [9.17, 15) is 9.59 Å². The van der Waals surface area contributed by atoms with Crippen LogP contribution >= 0.6 is 0 Å². The molecule has 1 aliphatic rings. The van der Waals surface area contributed by atoms with Crippen molar-refractivity contribution in [1.29, 1.82) is 0 Å². The average molecular weight is 207 g/mol. The molecule has 0 saturated carbocycles. The summed E-state index contributed by atoms with van der Waals surface area (Å²) >= 11 is 0. The van der Waals surface area contributed by atoms with Crippen LogP contribution in [-0.4, -0.2) is 18.2 Å². The molecule has 1 aromatic carbocycles. The van der Waals surface area contributed by atoms with Gasteiger partial charge in [0.15, 0.2) is 0 Å². The summed E-state index contributed by atoms with van der Waals surface area (Å²) in [6, 6.07) is 6.93. The molecule has 0 bridgehead atoms. The van der Waals surface area contributed by atoms with Gasteiger partial charge in [-0.15, -0.1) is 0 Å². The lowest BCUT2D eigenvalue weighted by Gasteiger charge is -2.24. The van der Waals surface area contributed by atoms with Crippen LogP contribution in [0.4, 0.5) is 5.69 Å². The lowest BCUT2D eigenvalue weighted by atomic mass is 10.2. The van der Waals surface area contributed by atoms with Crippen molar-refractivity contribution in [2.45, 2.75) is 13.2 Å². The summed E-state index contributed by atoms with van der Waals surface area (Å²) in [6.07, 6.45) is -1.20. The molecule has 0 radical (unpaired) electrons. The van der Waals surface area contributed by atoms with Gasteiger partial charge in [0, 0.05) is 6.92 Å². The summed E-state index contributed by atoms with van der Waals surface area (Å²) in [5.41, 5.74) is 0.575. The maximum atomic E-state index is 11.4. The Morgan fingerprint density at radius 1 is 1.47 bits per heavy atom. The van der Waals surface area contributed by atoms with E-state index < -0.39 is 18.2 Å². The summed E-state index contributed by atoms with van der Waals surface area (Å²) in [5.74, 6) is -0.554. The van der Waals surface area contributed by atoms with Gasteiger partial charge < -0.3 is 14.8 Å². The highest BCUT2D eigenvalue weighted by Gasteiger charge is 2.29. The summed E-state index contributed by atoms with van der Waals surface area (Å²) < 4.78 is 9.89. The fraction of sp³-hybridized carbons (Fsp3) is 0.200. The summed E-state index contributed by atoms with van der Waals surface area (Å²) in [7, 11) is 0. The van der Waals surface area contributed by atoms with Gasteiger partial charge in [0.1, 0.15) is 5.75 Å². The fourth-order valence-electron chi connectivity index (χ4n) is 1.26. The largest absolute Gasteiger partial charge is 0.444 e. The van der Waals surface area contributed by atoms with Gasteiger partial charge in [0.25, 0.3) is 0 Å². The highest BCUT2D eigenvalue weighted by atomic mass is 16.7. The zero-order valence-electron chi connectivity index (χ0n) is 8.02. The molecule has 78 valence electrons. The molecule has 1 N–H and O–H groups in total. The monoisotopic (exact) mass is 207 g/mol. The third kappa shape index (κ3) is 1.90. The standard InChI is InChI=1S/C10H9NO4/c1-6(12)14-10-9(13)11-7-4-2-3-5-8(7)15-10/h2-5,10H,1H3,(H,11,13)/t10-/m1/s1. The molecule has 1 heterocycles. The first-order valence-electron chi connectivity index (χ1n) is 4.40. The first-order chi connectivity index (χ1) is 7.16. The second-order valence-corrected chi connectivity index (χ2v) is 3.04. The predicted octanol–water partition coefficient (Wildman–Crippen LogP) is 0.907. The number of ether oxygens (including phenoxy) is 2. The molecule has 1 aromatic rings. The van der Waals surface area contributed by atoms with Crippen LogP contribution < -0.4 is 10.1 Å². The highest BCUT2D eigenvalue weighted by Crippen LogP contribution is 2.28. The molecule has 0 aliphatic carbocycles. The number of esters is 1. The van der Waals surface area contributed by atoms with Crippen LogP contribution in [0.2, 0.25) is 0 Å². The molecule has 15 heavy (non-hydrogen) atoms. The molecule has 1 aliphatic heterocycles. The van der Waals surface area contributed by atoms with Gasteiger partial charge in [-0.05, 0) is 12.1 Å². The number of para-hydroxylation sites is 2. The topological polar surface area (TPSA) is 64.6 Å². The molecule has 0 unspecified atom stereocenters. The number of anilines is 1. The van der Waals surface area contributed by atoms with Crippen molar-refractivity contribution in [2.24, 2.45) is 0 Å². The highest BCUT2D eigenvalue weighted by molar-refractivity contribution is 5.97. The van der Waals surface area contributed by atoms with Gasteiger partial charge in [0.05, 0.1) is 5.69 Å². The van der Waals surface area contributed by atoms with Gasteiger partial charge in [-0.1, -0.05) is 12.1 Å². The van der Waals surface area contributed by atoms with E-state index in [4.69, 9.17) is 4.74 Å². The number of carbonyl (C=O) groups excluding carboxylic acids is 2. The molecule has 0 saturated heterocycles. The van der Waals surface area contributed by atoms with E-state index in [0.717, 1.165) is 0 Å². The average Bonchev–Trinajstić information content (AvgIpc) is 2.18. The molecule has 5 nitrogen and oxygen atoms in total. The molecule has 1 amide bonds. The quantitative estimate of drug-likeness (QED) is 0.695. The van der Waals surface area contributed by atoms with E-state index in [-0.39, 0.29) is 0 Å². The van der Waals surface area contributed by atoms with E-state index >= 15 is 0 Å². The molecule has 0 aromatic heterocycles. The van der Waals surface area contributed by atoms with Crippen LogP contribution in [0.1, 0.15) is 6.92 Å². The molecular weight excluding hydrogens is 198 g/mol. The maximum absolute atomic E-state index is 11.4.